The van der Waals surface area contributed by atoms with Crippen molar-refractivity contribution in [2.24, 2.45) is 0 Å². The third-order valence-electron chi connectivity index (χ3n) is 3.09. The first-order valence-corrected chi connectivity index (χ1v) is 8.98. The zero-order valence-electron chi connectivity index (χ0n) is 13.0. The summed E-state index contributed by atoms with van der Waals surface area (Å²) in [5.74, 6) is 0.843. The highest BCUT2D eigenvalue weighted by atomic mass is 32.2. The van der Waals surface area contributed by atoms with Crippen LogP contribution >= 0.6 is 0 Å². The largest absolute Gasteiger partial charge is 0.494 e. The normalized spacial score (nSPS) is 11.0. The number of ether oxygens (including phenoxy) is 2. The minimum Gasteiger partial charge on any atom is -0.494 e. The molecule has 2 aromatic rings. The standard InChI is InChI=1S/C17H18O5S/c1-3-21-14-9-7-13(8-10-14)17(18)12-22-15-5-4-6-16(11-15)23(2,19)20/h4-11H,3,12H2,1-2H3. The van der Waals surface area contributed by atoms with Gasteiger partial charge < -0.3 is 9.47 Å². The quantitative estimate of drug-likeness (QED) is 0.728. The zero-order valence-corrected chi connectivity index (χ0v) is 13.8. The molecule has 0 N–H and O–H groups in total. The van der Waals surface area contributed by atoms with Gasteiger partial charge in [0.1, 0.15) is 11.5 Å². The number of ketones is 1. The molecular formula is C17H18O5S. The van der Waals surface area contributed by atoms with Crippen LogP contribution in [0.3, 0.4) is 0 Å². The van der Waals surface area contributed by atoms with Crippen molar-refractivity contribution in [1.82, 2.24) is 0 Å². The Morgan fingerprint density at radius 1 is 1.00 bits per heavy atom. The van der Waals surface area contributed by atoms with E-state index in [2.05, 4.69) is 0 Å². The molecule has 0 amide bonds. The van der Waals surface area contributed by atoms with E-state index in [4.69, 9.17) is 9.47 Å². The van der Waals surface area contributed by atoms with E-state index >= 15 is 0 Å². The lowest BCUT2D eigenvalue weighted by atomic mass is 10.1. The highest BCUT2D eigenvalue weighted by Crippen LogP contribution is 2.18. The van der Waals surface area contributed by atoms with E-state index in [0.717, 1.165) is 6.26 Å². The van der Waals surface area contributed by atoms with Crippen LogP contribution in [0.4, 0.5) is 0 Å². The molecule has 0 saturated carbocycles. The molecule has 2 rings (SSSR count). The molecule has 0 atom stereocenters. The van der Waals surface area contributed by atoms with Crippen LogP contribution in [-0.4, -0.2) is 33.7 Å². The zero-order chi connectivity index (χ0) is 16.9. The van der Waals surface area contributed by atoms with Crippen LogP contribution < -0.4 is 9.47 Å². The van der Waals surface area contributed by atoms with Crippen LogP contribution in [0.2, 0.25) is 0 Å². The van der Waals surface area contributed by atoms with Gasteiger partial charge in [-0.3, -0.25) is 4.79 Å². The predicted octanol–water partition coefficient (Wildman–Crippen LogP) is 2.75. The molecule has 0 aromatic heterocycles. The van der Waals surface area contributed by atoms with Gasteiger partial charge in [0, 0.05) is 11.8 Å². The van der Waals surface area contributed by atoms with Crippen molar-refractivity contribution in [1.29, 1.82) is 0 Å². The number of rotatable bonds is 7. The van der Waals surface area contributed by atoms with E-state index < -0.39 is 9.84 Å². The first-order valence-electron chi connectivity index (χ1n) is 7.09. The van der Waals surface area contributed by atoms with Crippen LogP contribution in [0, 0.1) is 0 Å². The smallest absolute Gasteiger partial charge is 0.200 e. The number of carbonyl (C=O) groups is 1. The van der Waals surface area contributed by atoms with E-state index in [0.29, 0.717) is 23.7 Å². The van der Waals surface area contributed by atoms with Gasteiger partial charge in [-0.1, -0.05) is 6.07 Å². The van der Waals surface area contributed by atoms with Crippen LogP contribution in [0.5, 0.6) is 11.5 Å². The van der Waals surface area contributed by atoms with Crippen LogP contribution in [0.25, 0.3) is 0 Å². The number of Topliss-reactive ketones (excluding diaryl/α,β-unsaturated/α-hetero) is 1. The van der Waals surface area contributed by atoms with Gasteiger partial charge in [0.15, 0.2) is 22.2 Å². The number of sulfone groups is 1. The third kappa shape index (κ3) is 4.82. The van der Waals surface area contributed by atoms with Gasteiger partial charge >= 0.3 is 0 Å². The van der Waals surface area contributed by atoms with E-state index in [1.54, 1.807) is 36.4 Å². The molecule has 122 valence electrons. The molecule has 6 heteroatoms. The average molecular weight is 334 g/mol. The fourth-order valence-electron chi connectivity index (χ4n) is 1.93. The maximum Gasteiger partial charge on any atom is 0.200 e. The third-order valence-corrected chi connectivity index (χ3v) is 4.20. The van der Waals surface area contributed by atoms with E-state index in [-0.39, 0.29) is 17.3 Å². The van der Waals surface area contributed by atoms with E-state index in [1.165, 1.54) is 12.1 Å². The van der Waals surface area contributed by atoms with Crippen molar-refractivity contribution < 1.29 is 22.7 Å². The summed E-state index contributed by atoms with van der Waals surface area (Å²) in [5, 5.41) is 0. The molecule has 0 unspecified atom stereocenters. The average Bonchev–Trinajstić information content (AvgIpc) is 2.53. The Labute approximate surface area is 135 Å². The Kier molecular flexibility index (Phi) is 5.39. The Morgan fingerprint density at radius 3 is 2.30 bits per heavy atom. The summed E-state index contributed by atoms with van der Waals surface area (Å²) in [6.45, 7) is 2.28. The fraction of sp³-hybridized carbons (Fsp3) is 0.235. The Morgan fingerprint density at radius 2 is 1.70 bits per heavy atom. The monoisotopic (exact) mass is 334 g/mol. The van der Waals surface area contributed by atoms with Gasteiger partial charge in [-0.25, -0.2) is 8.42 Å². The minimum atomic E-state index is -3.31. The molecule has 2 aromatic carbocycles. The number of hydrogen-bond acceptors (Lipinski definition) is 5. The molecule has 0 radical (unpaired) electrons. The maximum absolute atomic E-state index is 12.1. The summed E-state index contributed by atoms with van der Waals surface area (Å²) in [6.07, 6.45) is 1.12. The van der Waals surface area contributed by atoms with Crippen molar-refractivity contribution in [3.05, 3.63) is 54.1 Å². The molecule has 0 heterocycles. The topological polar surface area (TPSA) is 69.7 Å². The minimum absolute atomic E-state index is 0.156. The van der Waals surface area contributed by atoms with Crippen LogP contribution in [0.15, 0.2) is 53.4 Å². The van der Waals surface area contributed by atoms with Gasteiger partial charge in [-0.15, -0.1) is 0 Å². The number of benzene rings is 2. The molecule has 0 spiro atoms. The van der Waals surface area contributed by atoms with Crippen molar-refractivity contribution in [2.75, 3.05) is 19.5 Å². The summed E-state index contributed by atoms with van der Waals surface area (Å²) in [7, 11) is -3.31. The summed E-state index contributed by atoms with van der Waals surface area (Å²) in [6, 6.07) is 12.9. The molecule has 0 aliphatic carbocycles. The lowest BCUT2D eigenvalue weighted by molar-refractivity contribution is 0.0921. The second-order valence-corrected chi connectivity index (χ2v) is 6.93. The SMILES string of the molecule is CCOc1ccc(C(=O)COc2cccc(S(C)(=O)=O)c2)cc1. The number of carbonyl (C=O) groups excluding carboxylic acids is 1. The fourth-order valence-corrected chi connectivity index (χ4v) is 2.59. The molecule has 0 fully saturated rings. The van der Waals surface area contributed by atoms with Gasteiger partial charge in [-0.05, 0) is 49.4 Å². The first kappa shape index (κ1) is 17.0. The second kappa shape index (κ2) is 7.28. The van der Waals surface area contributed by atoms with Gasteiger partial charge in [0.25, 0.3) is 0 Å². The lowest BCUT2D eigenvalue weighted by Gasteiger charge is -2.08. The summed E-state index contributed by atoms with van der Waals surface area (Å²) >= 11 is 0. The van der Waals surface area contributed by atoms with Crippen LogP contribution in [-0.2, 0) is 9.84 Å². The molecule has 0 saturated heterocycles. The van der Waals surface area contributed by atoms with Gasteiger partial charge in [0.05, 0.1) is 11.5 Å². The van der Waals surface area contributed by atoms with Gasteiger partial charge in [-0.2, -0.15) is 0 Å². The van der Waals surface area contributed by atoms with Crippen molar-refractivity contribution in [3.8, 4) is 11.5 Å². The second-order valence-electron chi connectivity index (χ2n) is 4.92. The first-order chi connectivity index (χ1) is 10.9. The van der Waals surface area contributed by atoms with Crippen molar-refractivity contribution >= 4 is 15.6 Å². The molecular weight excluding hydrogens is 316 g/mol. The predicted molar refractivity (Wildman–Crippen MR) is 87.0 cm³/mol. The van der Waals surface area contributed by atoms with Gasteiger partial charge in [0.2, 0.25) is 0 Å². The molecule has 0 aliphatic rings. The highest BCUT2D eigenvalue weighted by Gasteiger charge is 2.10. The van der Waals surface area contributed by atoms with Crippen LogP contribution in [0.1, 0.15) is 17.3 Å². The summed E-state index contributed by atoms with van der Waals surface area (Å²) in [4.78, 5) is 12.2. The van der Waals surface area contributed by atoms with E-state index in [9.17, 15) is 13.2 Å². The Balaban J connectivity index is 2.01. The summed E-state index contributed by atoms with van der Waals surface area (Å²) in [5.41, 5.74) is 0.507. The molecule has 5 nitrogen and oxygen atoms in total. The highest BCUT2D eigenvalue weighted by molar-refractivity contribution is 7.90. The lowest BCUT2D eigenvalue weighted by Crippen LogP contribution is -2.11. The van der Waals surface area contributed by atoms with Crippen molar-refractivity contribution in [2.45, 2.75) is 11.8 Å². The van der Waals surface area contributed by atoms with E-state index in [1.807, 2.05) is 6.92 Å². The summed E-state index contributed by atoms with van der Waals surface area (Å²) < 4.78 is 33.7. The molecule has 0 bridgehead atoms. The Bertz CT molecular complexity index is 779. The molecule has 23 heavy (non-hydrogen) atoms. The van der Waals surface area contributed by atoms with Crippen molar-refractivity contribution in [3.63, 3.8) is 0 Å². The number of hydrogen-bond donors (Lipinski definition) is 0. The molecule has 0 aliphatic heterocycles. The Hall–Kier alpha value is -2.34. The maximum atomic E-state index is 12.1.